The molecule has 0 radical (unpaired) electrons. The molecule has 13 heterocycles. The number of aliphatic imine (C=N–C) groups is 1. The molecule has 31 heteroatoms. The monoisotopic (exact) mass is 1600 g/mol. The van der Waals surface area contributed by atoms with Crippen molar-refractivity contribution in [1.29, 1.82) is 0 Å². The van der Waals surface area contributed by atoms with Gasteiger partial charge in [-0.2, -0.15) is 10.2 Å². The lowest BCUT2D eigenvalue weighted by atomic mass is 9.78. The van der Waals surface area contributed by atoms with E-state index in [1.54, 1.807) is 24.8 Å². The highest BCUT2D eigenvalue weighted by Crippen LogP contribution is 2.39. The van der Waals surface area contributed by atoms with E-state index in [2.05, 4.69) is 187 Å². The molecular weight excluding hydrogens is 1510 g/mol. The van der Waals surface area contributed by atoms with Crippen LogP contribution in [0.15, 0.2) is 152 Å². The van der Waals surface area contributed by atoms with Crippen LogP contribution in [0.1, 0.15) is 44.4 Å². The number of halogens is 4. The molecule has 4 saturated heterocycles. The highest BCUT2D eigenvalue weighted by molar-refractivity contribution is 6.76. The number of benzene rings is 3. The Morgan fingerprint density at radius 2 is 0.845 bits per heavy atom. The topological polar surface area (TPSA) is 238 Å². The van der Waals surface area contributed by atoms with Crippen LogP contribution in [0.2, 0.25) is 71.7 Å². The largest absolute Gasteiger partial charge is 0.494 e. The molecule has 0 N–H and O–H groups in total. The number of anilines is 3. The van der Waals surface area contributed by atoms with Crippen LogP contribution < -0.4 is 20.2 Å². The Labute approximate surface area is 664 Å². The summed E-state index contributed by atoms with van der Waals surface area (Å²) in [6.07, 6.45) is 14.9. The molecule has 110 heavy (non-hydrogen) atoms. The summed E-state index contributed by atoms with van der Waals surface area (Å²) in [5.41, 5.74) is 12.3. The van der Waals surface area contributed by atoms with Crippen LogP contribution in [0.3, 0.4) is 0 Å². The summed E-state index contributed by atoms with van der Waals surface area (Å²) in [6, 6.07) is 33.4. The molecule has 0 spiro atoms. The number of nitrogens with zero attached hydrogens (tertiary/aromatic N) is 17. The van der Waals surface area contributed by atoms with E-state index < -0.39 is 34.5 Å². The van der Waals surface area contributed by atoms with Gasteiger partial charge in [-0.25, -0.2) is 54.2 Å². The molecule has 0 amide bonds. The molecule has 11 aromatic rings. The average molecular weight is 1600 g/mol. The van der Waals surface area contributed by atoms with Gasteiger partial charge in [-0.05, 0) is 129 Å². The number of morpholine rings is 3. The number of aromatic nitrogens is 13. The molecule has 5 aliphatic rings. The van der Waals surface area contributed by atoms with Gasteiger partial charge in [-0.3, -0.25) is 4.99 Å². The van der Waals surface area contributed by atoms with E-state index in [1.165, 1.54) is 18.0 Å². The quantitative estimate of drug-likeness (QED) is 0.0415. The Morgan fingerprint density at radius 3 is 1.29 bits per heavy atom. The minimum absolute atomic E-state index is 0.217. The average Bonchev–Trinajstić information content (AvgIpc) is 1.63. The SMILES string of the molecule is CC1(C)OB(c2ccc3c(c2)c(-c2ccnc(N4CCOCC4)c2)nn3COCC[Si](C)(C)C)OC1(C)C.C[Si](C)(C)CCOCn1nc(-c2ccnc(N3CCOCC3)c2)c2cc(-c3ncc(Cl)cn3)ccc21.Clc1cnc(-c2ccc3c(c2)C(c2ccnc(N4CCOCC4)c2)=NC3)nc1.Clc1cnc(Cl)nc1. The molecule has 5 aliphatic heterocycles. The zero-order valence-corrected chi connectivity index (χ0v) is 68.9. The third-order valence-electron chi connectivity index (χ3n) is 19.7. The Balaban J connectivity index is 0.000000139. The van der Waals surface area contributed by atoms with E-state index in [0.29, 0.717) is 59.9 Å². The third kappa shape index (κ3) is 20.3. The number of rotatable bonds is 19. The first-order valence-electron chi connectivity index (χ1n) is 37.0. The van der Waals surface area contributed by atoms with Gasteiger partial charge in [0.15, 0.2) is 11.6 Å². The van der Waals surface area contributed by atoms with Crippen LogP contribution in [0.4, 0.5) is 17.5 Å². The third-order valence-corrected chi connectivity index (χ3v) is 23.8. The predicted molar refractivity (Wildman–Crippen MR) is 443 cm³/mol. The summed E-state index contributed by atoms with van der Waals surface area (Å²) < 4.78 is 45.3. The van der Waals surface area contributed by atoms with Crippen LogP contribution in [-0.2, 0) is 53.0 Å². The van der Waals surface area contributed by atoms with Crippen molar-refractivity contribution in [1.82, 2.24) is 64.4 Å². The van der Waals surface area contributed by atoms with E-state index in [-0.39, 0.29) is 5.28 Å². The van der Waals surface area contributed by atoms with Crippen LogP contribution in [0.5, 0.6) is 0 Å². The van der Waals surface area contributed by atoms with E-state index in [0.717, 1.165) is 186 Å². The summed E-state index contributed by atoms with van der Waals surface area (Å²) in [5.74, 6) is 4.12. The summed E-state index contributed by atoms with van der Waals surface area (Å²) in [6.45, 7) is 34.8. The summed E-state index contributed by atoms with van der Waals surface area (Å²) in [5, 5.41) is 13.9. The Kier molecular flexibility index (Phi) is 25.8. The van der Waals surface area contributed by atoms with Crippen molar-refractivity contribution >= 4 is 120 Å². The van der Waals surface area contributed by atoms with E-state index in [9.17, 15) is 0 Å². The van der Waals surface area contributed by atoms with Crippen molar-refractivity contribution in [2.75, 3.05) is 107 Å². The fraction of sp³-hybridized carbons (Fsp3) is 0.392. The van der Waals surface area contributed by atoms with Gasteiger partial charge in [0.2, 0.25) is 5.28 Å². The van der Waals surface area contributed by atoms with Crippen LogP contribution >= 0.6 is 46.4 Å². The van der Waals surface area contributed by atoms with Gasteiger partial charge >= 0.3 is 7.12 Å². The van der Waals surface area contributed by atoms with Gasteiger partial charge in [0.05, 0.1) is 102 Å². The number of pyridine rings is 3. The molecule has 8 aromatic heterocycles. The zero-order chi connectivity index (χ0) is 77.2. The first kappa shape index (κ1) is 79.8. The lowest BCUT2D eigenvalue weighted by Crippen LogP contribution is -2.41. The lowest BCUT2D eigenvalue weighted by Gasteiger charge is -2.32. The predicted octanol–water partition coefficient (Wildman–Crippen LogP) is 15.1. The van der Waals surface area contributed by atoms with E-state index in [1.807, 2.05) is 58.3 Å². The van der Waals surface area contributed by atoms with Crippen molar-refractivity contribution in [3.05, 3.63) is 184 Å². The maximum absolute atomic E-state index is 6.36. The van der Waals surface area contributed by atoms with Gasteiger partial charge in [0, 0.05) is 156 Å². The zero-order valence-electron chi connectivity index (χ0n) is 63.8. The summed E-state index contributed by atoms with van der Waals surface area (Å²) in [4.78, 5) is 50.0. The van der Waals surface area contributed by atoms with Crippen molar-refractivity contribution in [3.63, 3.8) is 0 Å². The second kappa shape index (κ2) is 35.6. The first-order chi connectivity index (χ1) is 52.9. The number of hydrogen-bond donors (Lipinski definition) is 0. The van der Waals surface area contributed by atoms with Crippen molar-refractivity contribution in [3.8, 4) is 45.3 Å². The Hall–Kier alpha value is -8.26. The fourth-order valence-electron chi connectivity index (χ4n) is 12.7. The molecule has 16 rings (SSSR count). The molecule has 4 fully saturated rings. The Morgan fingerprint density at radius 1 is 0.445 bits per heavy atom. The lowest BCUT2D eigenvalue weighted by molar-refractivity contribution is 0.00578. The van der Waals surface area contributed by atoms with Crippen LogP contribution in [0.25, 0.3) is 67.1 Å². The smallest absolute Gasteiger partial charge is 0.399 e. The van der Waals surface area contributed by atoms with Gasteiger partial charge in [0.1, 0.15) is 42.3 Å². The van der Waals surface area contributed by atoms with Crippen LogP contribution in [0, 0.1) is 0 Å². The minimum Gasteiger partial charge on any atom is -0.399 e. The van der Waals surface area contributed by atoms with Crippen molar-refractivity contribution in [2.24, 2.45) is 4.99 Å². The normalized spacial score (nSPS) is 16.2. The molecule has 0 bridgehead atoms. The summed E-state index contributed by atoms with van der Waals surface area (Å²) in [7, 11) is -2.77. The number of ether oxygens (including phenoxy) is 5. The standard InChI is InChI=1S/C28H41BN4O4Si.C26H31ClN6O2Si.C21H18ClN5O.C4H2Cl2N2/c1-27(2)28(3,4)37-29(36-27)22-8-9-24-23(19-22)26(31-33(24)20-35-16-17-38(5,6)7)21-10-11-30-25(18-21)32-12-14-34-15-13-32;1-36(2,3)13-12-35-18-33-23-5-4-20(26-29-16-21(27)17-30-26)14-22(23)25(31-33)19-6-7-28-24(15-19)32-8-10-34-11-9-32;22-17-12-25-21(26-13-17)15-1-2-16-11-24-20(18(16)9-15)14-3-4-23-19(10-14)27-5-7-28-8-6-27;5-3-1-7-4(6)8-2-3/h8-11,18-19H,12-17,20H2,1-7H3;4-7,14-17H,8-13,18H2,1-3H3;1-4,9-10,12-13H,5-8,11H2;1-2H. The molecule has 0 aliphatic carbocycles. The van der Waals surface area contributed by atoms with E-state index in [4.69, 9.17) is 94.6 Å². The minimum atomic E-state index is -1.17. The summed E-state index contributed by atoms with van der Waals surface area (Å²) >= 11 is 22.7. The van der Waals surface area contributed by atoms with Gasteiger partial charge in [0.25, 0.3) is 0 Å². The number of hydrogen-bond acceptors (Lipinski definition) is 22. The van der Waals surface area contributed by atoms with Gasteiger partial charge in [-0.1, -0.05) is 98.4 Å². The molecule has 0 saturated carbocycles. The van der Waals surface area contributed by atoms with Gasteiger partial charge < -0.3 is 47.7 Å². The first-order valence-corrected chi connectivity index (χ1v) is 46.0. The number of fused-ring (bicyclic) bond motifs is 3. The molecular formula is C79H92BCl4N17O7Si2. The van der Waals surface area contributed by atoms with Gasteiger partial charge in [-0.15, -0.1) is 0 Å². The maximum Gasteiger partial charge on any atom is 0.494 e. The highest BCUT2D eigenvalue weighted by Gasteiger charge is 2.52. The second-order valence-corrected chi connectivity index (χ2v) is 43.5. The second-order valence-electron chi connectivity index (χ2n) is 30.7. The molecule has 24 nitrogen and oxygen atoms in total. The highest BCUT2D eigenvalue weighted by atomic mass is 35.5. The molecule has 574 valence electrons. The van der Waals surface area contributed by atoms with Crippen LogP contribution in [-0.4, -0.2) is 197 Å². The van der Waals surface area contributed by atoms with Crippen molar-refractivity contribution < 1.29 is 33.0 Å². The fourth-order valence-corrected chi connectivity index (χ4v) is 14.6. The molecule has 0 unspecified atom stereocenters. The van der Waals surface area contributed by atoms with Crippen molar-refractivity contribution in [2.45, 2.75) is 110 Å². The molecule has 0 atom stereocenters. The Bertz CT molecular complexity index is 4940. The van der Waals surface area contributed by atoms with E-state index >= 15 is 0 Å². The maximum atomic E-state index is 6.36. The molecule has 3 aromatic carbocycles.